The highest BCUT2D eigenvalue weighted by Crippen LogP contribution is 2.26. The van der Waals surface area contributed by atoms with Crippen LogP contribution in [0.4, 0.5) is 0 Å². The summed E-state index contributed by atoms with van der Waals surface area (Å²) >= 11 is 5.31. The first-order valence-corrected chi connectivity index (χ1v) is 7.83. The lowest BCUT2D eigenvalue weighted by molar-refractivity contribution is 0.101. The van der Waals surface area contributed by atoms with Gasteiger partial charge in [0.1, 0.15) is 0 Å². The van der Waals surface area contributed by atoms with Gasteiger partial charge in [-0.2, -0.15) is 0 Å². The normalized spacial score (nSPS) is 13.3. The van der Waals surface area contributed by atoms with E-state index in [1.54, 1.807) is 11.3 Å². The summed E-state index contributed by atoms with van der Waals surface area (Å²) in [6.45, 7) is 7.90. The van der Waals surface area contributed by atoms with Crippen molar-refractivity contribution in [3.05, 3.63) is 20.3 Å². The van der Waals surface area contributed by atoms with Crippen LogP contribution >= 0.6 is 27.3 Å². The second-order valence-corrected chi connectivity index (χ2v) is 6.59. The van der Waals surface area contributed by atoms with Gasteiger partial charge in [-0.05, 0) is 34.8 Å². The summed E-state index contributed by atoms with van der Waals surface area (Å²) in [5.74, 6) is 0.416. The van der Waals surface area contributed by atoms with E-state index in [-0.39, 0.29) is 6.10 Å². The topological polar surface area (TPSA) is 32.3 Å². The minimum absolute atomic E-state index is 0.227. The van der Waals surface area contributed by atoms with Crippen LogP contribution < -0.4 is 5.32 Å². The Kier molecular flexibility index (Phi) is 6.70. The third kappa shape index (κ3) is 4.70. The molecule has 0 spiro atoms. The zero-order chi connectivity index (χ0) is 12.8. The monoisotopic (exact) mass is 319 g/mol. The quantitative estimate of drug-likeness (QED) is 0.803. The van der Waals surface area contributed by atoms with E-state index >= 15 is 0 Å². The van der Waals surface area contributed by atoms with E-state index in [1.165, 1.54) is 14.2 Å². The van der Waals surface area contributed by atoms with Crippen LogP contribution in [-0.4, -0.2) is 17.8 Å². The Morgan fingerprint density at radius 1 is 1.41 bits per heavy atom. The first kappa shape index (κ1) is 15.2. The molecule has 0 aromatic carbocycles. The smallest absolute Gasteiger partial charge is 0.0692 e. The Morgan fingerprint density at radius 3 is 2.53 bits per heavy atom. The molecule has 1 atom stereocenters. The van der Waals surface area contributed by atoms with Crippen molar-refractivity contribution in [1.82, 2.24) is 5.32 Å². The standard InChI is InChI=1S/C13H22BrNOS/c1-4-10(5-2)13(16)8-15-7-11-6-12(14)9(3)17-11/h6,10,13,15-16H,4-5,7-8H2,1-3H3. The number of aliphatic hydroxyl groups excluding tert-OH is 1. The van der Waals surface area contributed by atoms with E-state index in [1.807, 2.05) is 0 Å². The van der Waals surface area contributed by atoms with Gasteiger partial charge >= 0.3 is 0 Å². The van der Waals surface area contributed by atoms with Gasteiger partial charge in [-0.15, -0.1) is 11.3 Å². The Bertz CT molecular complexity index is 317. The van der Waals surface area contributed by atoms with Crippen LogP contribution in [0.5, 0.6) is 0 Å². The van der Waals surface area contributed by atoms with Crippen molar-refractivity contribution >= 4 is 27.3 Å². The maximum absolute atomic E-state index is 9.98. The van der Waals surface area contributed by atoms with Crippen LogP contribution in [0.25, 0.3) is 0 Å². The number of rotatable bonds is 7. The largest absolute Gasteiger partial charge is 0.392 e. The fourth-order valence-corrected chi connectivity index (χ4v) is 3.52. The van der Waals surface area contributed by atoms with Gasteiger partial charge in [-0.1, -0.05) is 26.7 Å². The van der Waals surface area contributed by atoms with Crippen molar-refractivity contribution in [3.8, 4) is 0 Å². The highest BCUT2D eigenvalue weighted by Gasteiger charge is 2.14. The van der Waals surface area contributed by atoms with E-state index in [4.69, 9.17) is 0 Å². The number of hydrogen-bond acceptors (Lipinski definition) is 3. The predicted molar refractivity (Wildman–Crippen MR) is 78.5 cm³/mol. The van der Waals surface area contributed by atoms with E-state index in [9.17, 15) is 5.11 Å². The van der Waals surface area contributed by atoms with Gasteiger partial charge < -0.3 is 10.4 Å². The van der Waals surface area contributed by atoms with Crippen molar-refractivity contribution in [2.24, 2.45) is 5.92 Å². The molecule has 0 aliphatic heterocycles. The third-order valence-electron chi connectivity index (χ3n) is 3.15. The molecule has 0 aliphatic carbocycles. The van der Waals surface area contributed by atoms with Crippen LogP contribution in [-0.2, 0) is 6.54 Å². The summed E-state index contributed by atoms with van der Waals surface area (Å²) in [5, 5.41) is 13.3. The van der Waals surface area contributed by atoms with Gasteiger partial charge in [0.25, 0.3) is 0 Å². The molecule has 0 saturated carbocycles. The van der Waals surface area contributed by atoms with Crippen LogP contribution in [0.3, 0.4) is 0 Å². The number of aryl methyl sites for hydroxylation is 1. The number of nitrogens with one attached hydrogen (secondary N) is 1. The Balaban J connectivity index is 2.32. The van der Waals surface area contributed by atoms with Crippen molar-refractivity contribution in [2.75, 3.05) is 6.54 Å². The summed E-state index contributed by atoms with van der Waals surface area (Å²) in [5.41, 5.74) is 0. The zero-order valence-electron chi connectivity index (χ0n) is 10.8. The fourth-order valence-electron chi connectivity index (χ4n) is 1.95. The molecule has 2 N–H and O–H groups in total. The zero-order valence-corrected chi connectivity index (χ0v) is 13.2. The molecule has 0 radical (unpaired) electrons. The molecule has 17 heavy (non-hydrogen) atoms. The molecular weight excluding hydrogens is 298 g/mol. The Labute approximate surface area is 117 Å². The molecule has 1 rings (SSSR count). The maximum atomic E-state index is 9.98. The molecule has 2 nitrogen and oxygen atoms in total. The molecule has 1 heterocycles. The van der Waals surface area contributed by atoms with Crippen LogP contribution in [0.15, 0.2) is 10.5 Å². The van der Waals surface area contributed by atoms with E-state index < -0.39 is 0 Å². The first-order chi connectivity index (χ1) is 8.08. The van der Waals surface area contributed by atoms with Gasteiger partial charge in [-0.25, -0.2) is 0 Å². The SMILES string of the molecule is CCC(CC)C(O)CNCc1cc(Br)c(C)s1. The molecule has 0 aliphatic rings. The number of aliphatic hydroxyl groups is 1. The number of halogens is 1. The fraction of sp³-hybridized carbons (Fsp3) is 0.692. The summed E-state index contributed by atoms with van der Waals surface area (Å²) < 4.78 is 1.18. The van der Waals surface area contributed by atoms with Gasteiger partial charge in [0.15, 0.2) is 0 Å². The predicted octanol–water partition coefficient (Wildman–Crippen LogP) is 3.71. The van der Waals surface area contributed by atoms with Crippen molar-refractivity contribution in [3.63, 3.8) is 0 Å². The summed E-state index contributed by atoms with van der Waals surface area (Å²) in [6, 6.07) is 2.15. The minimum atomic E-state index is -0.227. The Morgan fingerprint density at radius 2 is 2.06 bits per heavy atom. The van der Waals surface area contributed by atoms with Crippen molar-refractivity contribution in [1.29, 1.82) is 0 Å². The number of thiophene rings is 1. The lowest BCUT2D eigenvalue weighted by atomic mass is 9.97. The van der Waals surface area contributed by atoms with E-state index in [0.29, 0.717) is 12.5 Å². The molecule has 1 aromatic heterocycles. The molecular formula is C13H22BrNOS. The second-order valence-electron chi connectivity index (χ2n) is 4.39. The molecule has 4 heteroatoms. The molecule has 0 bridgehead atoms. The molecule has 0 amide bonds. The lowest BCUT2D eigenvalue weighted by Gasteiger charge is -2.20. The van der Waals surface area contributed by atoms with E-state index in [2.05, 4.69) is 48.1 Å². The van der Waals surface area contributed by atoms with Crippen molar-refractivity contribution in [2.45, 2.75) is 46.3 Å². The molecule has 0 fully saturated rings. The first-order valence-electron chi connectivity index (χ1n) is 6.22. The van der Waals surface area contributed by atoms with Gasteiger partial charge in [0.2, 0.25) is 0 Å². The summed E-state index contributed by atoms with van der Waals surface area (Å²) in [4.78, 5) is 2.62. The minimum Gasteiger partial charge on any atom is -0.392 e. The van der Waals surface area contributed by atoms with E-state index in [0.717, 1.165) is 19.4 Å². The number of hydrogen-bond donors (Lipinski definition) is 2. The van der Waals surface area contributed by atoms with Crippen LogP contribution in [0, 0.1) is 12.8 Å². The maximum Gasteiger partial charge on any atom is 0.0692 e. The lowest BCUT2D eigenvalue weighted by Crippen LogP contribution is -2.32. The second kappa shape index (κ2) is 7.52. The summed E-state index contributed by atoms with van der Waals surface area (Å²) in [7, 11) is 0. The highest BCUT2D eigenvalue weighted by atomic mass is 79.9. The average molecular weight is 320 g/mol. The van der Waals surface area contributed by atoms with Gasteiger partial charge in [0.05, 0.1) is 6.10 Å². The van der Waals surface area contributed by atoms with Crippen LogP contribution in [0.1, 0.15) is 36.4 Å². The molecule has 0 saturated heterocycles. The Hall–Kier alpha value is 0.1000. The third-order valence-corrected chi connectivity index (χ3v) is 5.29. The molecule has 1 aromatic rings. The van der Waals surface area contributed by atoms with Gasteiger partial charge in [0, 0.05) is 27.3 Å². The molecule has 98 valence electrons. The van der Waals surface area contributed by atoms with Gasteiger partial charge in [-0.3, -0.25) is 0 Å². The van der Waals surface area contributed by atoms with Crippen molar-refractivity contribution < 1.29 is 5.11 Å². The molecule has 1 unspecified atom stereocenters. The van der Waals surface area contributed by atoms with Crippen LogP contribution in [0.2, 0.25) is 0 Å². The average Bonchev–Trinajstić information content (AvgIpc) is 2.60. The highest BCUT2D eigenvalue weighted by molar-refractivity contribution is 9.10. The summed E-state index contributed by atoms with van der Waals surface area (Å²) in [6.07, 6.45) is 1.86.